The molecule has 0 bridgehead atoms. The maximum Gasteiger partial charge on any atom is 0.251 e. The van der Waals surface area contributed by atoms with Crippen LogP contribution in [-0.2, 0) is 9.84 Å². The fourth-order valence-electron chi connectivity index (χ4n) is 2.47. The molecule has 2 N–H and O–H groups in total. The second kappa shape index (κ2) is 7.44. The molecule has 1 aliphatic rings. The van der Waals surface area contributed by atoms with Crippen LogP contribution in [0.25, 0.3) is 0 Å². The van der Waals surface area contributed by atoms with Gasteiger partial charge in [0.15, 0.2) is 9.84 Å². The molecule has 0 spiro atoms. The second-order valence-electron chi connectivity index (χ2n) is 6.04. The molecule has 0 atom stereocenters. The molecule has 124 valence electrons. The van der Waals surface area contributed by atoms with Crippen LogP contribution < -0.4 is 10.6 Å². The number of hydrogen-bond acceptors (Lipinski definition) is 4. The van der Waals surface area contributed by atoms with Crippen LogP contribution in [-0.4, -0.2) is 40.2 Å². The molecule has 0 saturated carbocycles. The van der Waals surface area contributed by atoms with Gasteiger partial charge >= 0.3 is 0 Å². The van der Waals surface area contributed by atoms with E-state index < -0.39 is 9.84 Å². The number of benzene rings is 1. The summed E-state index contributed by atoms with van der Waals surface area (Å²) in [7, 11) is -3.29. The number of amides is 1. The summed E-state index contributed by atoms with van der Waals surface area (Å²) in [6.07, 6.45) is 3.19. The number of nitrogens with one attached hydrogen (secondary N) is 2. The molecule has 0 aliphatic carbocycles. The number of carbonyl (C=O) groups is 1. The molecule has 1 aromatic carbocycles. The maximum absolute atomic E-state index is 12.2. The lowest BCUT2D eigenvalue weighted by Crippen LogP contribution is -2.42. The van der Waals surface area contributed by atoms with Crippen LogP contribution in [0, 0.1) is 5.41 Å². The molecule has 1 heterocycles. The van der Waals surface area contributed by atoms with Gasteiger partial charge in [-0.3, -0.25) is 4.79 Å². The molecule has 1 amide bonds. The van der Waals surface area contributed by atoms with Crippen LogP contribution in [0.15, 0.2) is 29.2 Å². The van der Waals surface area contributed by atoms with E-state index in [9.17, 15) is 13.2 Å². The molecular formula is C15H23ClN2O3S. The van der Waals surface area contributed by atoms with E-state index in [0.717, 1.165) is 32.2 Å². The molecule has 1 aromatic rings. The largest absolute Gasteiger partial charge is 0.351 e. The van der Waals surface area contributed by atoms with Crippen molar-refractivity contribution in [3.8, 4) is 0 Å². The van der Waals surface area contributed by atoms with Crippen molar-refractivity contribution in [2.24, 2.45) is 5.41 Å². The Morgan fingerprint density at radius 3 is 2.55 bits per heavy atom. The molecule has 0 aromatic heterocycles. The van der Waals surface area contributed by atoms with E-state index in [1.807, 2.05) is 0 Å². The predicted molar refractivity (Wildman–Crippen MR) is 89.3 cm³/mol. The summed E-state index contributed by atoms with van der Waals surface area (Å²) in [6, 6.07) is 6.15. The third-order valence-corrected chi connectivity index (χ3v) is 5.12. The normalized spacial score (nSPS) is 17.4. The first-order chi connectivity index (χ1) is 9.80. The zero-order valence-electron chi connectivity index (χ0n) is 12.9. The molecule has 5 nitrogen and oxygen atoms in total. The summed E-state index contributed by atoms with van der Waals surface area (Å²) in [6.45, 7) is 4.71. The fraction of sp³-hybridized carbons (Fsp3) is 0.533. The minimum absolute atomic E-state index is 0. The van der Waals surface area contributed by atoms with E-state index >= 15 is 0 Å². The second-order valence-corrected chi connectivity index (χ2v) is 8.06. The Labute approximate surface area is 138 Å². The fourth-order valence-corrected chi connectivity index (χ4v) is 3.14. The van der Waals surface area contributed by atoms with Gasteiger partial charge < -0.3 is 10.6 Å². The summed E-state index contributed by atoms with van der Waals surface area (Å²) in [4.78, 5) is 12.4. The molecule has 0 unspecified atom stereocenters. The minimum Gasteiger partial charge on any atom is -0.351 e. The van der Waals surface area contributed by atoms with E-state index in [2.05, 4.69) is 17.6 Å². The van der Waals surface area contributed by atoms with Crippen molar-refractivity contribution in [2.45, 2.75) is 24.7 Å². The predicted octanol–water partition coefficient (Wildman–Crippen LogP) is 1.63. The monoisotopic (exact) mass is 346 g/mol. The van der Waals surface area contributed by atoms with Crippen LogP contribution in [0.4, 0.5) is 0 Å². The number of halogens is 1. The Kier molecular flexibility index (Phi) is 6.40. The van der Waals surface area contributed by atoms with Crippen molar-refractivity contribution < 1.29 is 13.2 Å². The Morgan fingerprint density at radius 2 is 1.95 bits per heavy atom. The SMILES string of the molecule is CC1(CNC(=O)c2cccc(S(C)(=O)=O)c2)CCNCC1.Cl. The highest BCUT2D eigenvalue weighted by atomic mass is 35.5. The molecule has 0 radical (unpaired) electrons. The molecule has 7 heteroatoms. The van der Waals surface area contributed by atoms with Crippen molar-refractivity contribution in [1.82, 2.24) is 10.6 Å². The van der Waals surface area contributed by atoms with E-state index in [-0.39, 0.29) is 28.6 Å². The molecular weight excluding hydrogens is 324 g/mol. The molecule has 22 heavy (non-hydrogen) atoms. The highest BCUT2D eigenvalue weighted by Crippen LogP contribution is 2.26. The lowest BCUT2D eigenvalue weighted by atomic mass is 9.81. The van der Waals surface area contributed by atoms with Crippen LogP contribution >= 0.6 is 12.4 Å². The van der Waals surface area contributed by atoms with Crippen molar-refractivity contribution in [2.75, 3.05) is 25.9 Å². The summed E-state index contributed by atoms with van der Waals surface area (Å²) in [5, 5.41) is 6.23. The molecule has 1 saturated heterocycles. The zero-order valence-corrected chi connectivity index (χ0v) is 14.5. The average molecular weight is 347 g/mol. The molecule has 2 rings (SSSR count). The summed E-state index contributed by atoms with van der Waals surface area (Å²) >= 11 is 0. The summed E-state index contributed by atoms with van der Waals surface area (Å²) < 4.78 is 23.1. The first-order valence-electron chi connectivity index (χ1n) is 7.09. The van der Waals surface area contributed by atoms with Crippen LogP contribution in [0.3, 0.4) is 0 Å². The number of piperidine rings is 1. The van der Waals surface area contributed by atoms with Crippen molar-refractivity contribution >= 4 is 28.2 Å². The van der Waals surface area contributed by atoms with Crippen LogP contribution in [0.2, 0.25) is 0 Å². The van der Waals surface area contributed by atoms with Crippen molar-refractivity contribution in [1.29, 1.82) is 0 Å². The Balaban J connectivity index is 0.00000242. The highest BCUT2D eigenvalue weighted by Gasteiger charge is 2.27. The van der Waals surface area contributed by atoms with Crippen molar-refractivity contribution in [3.63, 3.8) is 0 Å². The van der Waals surface area contributed by atoms with Gasteiger partial charge in [0.2, 0.25) is 0 Å². The highest BCUT2D eigenvalue weighted by molar-refractivity contribution is 7.90. The summed E-state index contributed by atoms with van der Waals surface area (Å²) in [5.41, 5.74) is 0.491. The van der Waals surface area contributed by atoms with Gasteiger partial charge in [-0.15, -0.1) is 12.4 Å². The standard InChI is InChI=1S/C15H22N2O3S.ClH/c1-15(6-8-16-9-7-15)11-17-14(18)12-4-3-5-13(10-12)21(2,19)20;/h3-5,10,16H,6-9,11H2,1-2H3,(H,17,18);1H. The van der Waals surface area contributed by atoms with Gasteiger partial charge in [-0.05, 0) is 49.5 Å². The van der Waals surface area contributed by atoms with Crippen molar-refractivity contribution in [3.05, 3.63) is 29.8 Å². The number of carbonyl (C=O) groups excluding carboxylic acids is 1. The van der Waals surface area contributed by atoms with Crippen LogP contribution in [0.1, 0.15) is 30.1 Å². The quantitative estimate of drug-likeness (QED) is 0.869. The third-order valence-electron chi connectivity index (χ3n) is 4.01. The number of sulfone groups is 1. The van der Waals surface area contributed by atoms with Gasteiger partial charge in [0.05, 0.1) is 4.90 Å². The van der Waals surface area contributed by atoms with E-state index in [4.69, 9.17) is 0 Å². The van der Waals surface area contributed by atoms with Gasteiger partial charge in [-0.2, -0.15) is 0 Å². The number of rotatable bonds is 4. The Morgan fingerprint density at radius 1 is 1.32 bits per heavy atom. The van der Waals surface area contributed by atoms with E-state index in [1.165, 1.54) is 12.1 Å². The maximum atomic E-state index is 12.2. The van der Waals surface area contributed by atoms with Gasteiger partial charge in [0, 0.05) is 18.4 Å². The zero-order chi connectivity index (χ0) is 15.5. The van der Waals surface area contributed by atoms with E-state index in [1.54, 1.807) is 12.1 Å². The van der Waals surface area contributed by atoms with Gasteiger partial charge in [0.25, 0.3) is 5.91 Å². The topological polar surface area (TPSA) is 75.3 Å². The van der Waals surface area contributed by atoms with Gasteiger partial charge in [-0.1, -0.05) is 13.0 Å². The smallest absolute Gasteiger partial charge is 0.251 e. The van der Waals surface area contributed by atoms with Gasteiger partial charge in [0.1, 0.15) is 0 Å². The first kappa shape index (κ1) is 18.9. The lowest BCUT2D eigenvalue weighted by Gasteiger charge is -2.34. The van der Waals surface area contributed by atoms with E-state index in [0.29, 0.717) is 12.1 Å². The Bertz CT molecular complexity index is 625. The van der Waals surface area contributed by atoms with Crippen LogP contribution in [0.5, 0.6) is 0 Å². The minimum atomic E-state index is -3.29. The van der Waals surface area contributed by atoms with Gasteiger partial charge in [-0.25, -0.2) is 8.42 Å². The number of hydrogen-bond donors (Lipinski definition) is 2. The Hall–Kier alpha value is -1.11. The third kappa shape index (κ3) is 4.97. The average Bonchev–Trinajstić information content (AvgIpc) is 2.45. The molecule has 1 aliphatic heterocycles. The summed E-state index contributed by atoms with van der Waals surface area (Å²) in [5.74, 6) is -0.222. The lowest BCUT2D eigenvalue weighted by molar-refractivity contribution is 0.0922. The molecule has 1 fully saturated rings. The first-order valence-corrected chi connectivity index (χ1v) is 8.98.